The van der Waals surface area contributed by atoms with Gasteiger partial charge >= 0.3 is 0 Å². The summed E-state index contributed by atoms with van der Waals surface area (Å²) in [7, 11) is -1.95. The van der Waals surface area contributed by atoms with Crippen LogP contribution in [0.25, 0.3) is 0 Å². The van der Waals surface area contributed by atoms with Crippen LogP contribution >= 0.6 is 11.3 Å². The Labute approximate surface area is 122 Å². The predicted octanol–water partition coefficient (Wildman–Crippen LogP) is 1.98. The second kappa shape index (κ2) is 5.27. The van der Waals surface area contributed by atoms with Gasteiger partial charge in [-0.05, 0) is 17.5 Å². The number of H-pyrrole nitrogens is 1. The van der Waals surface area contributed by atoms with Gasteiger partial charge in [0, 0.05) is 11.9 Å². The molecule has 2 heterocycles. The van der Waals surface area contributed by atoms with Crippen LogP contribution in [0.5, 0.6) is 0 Å². The molecule has 0 aliphatic rings. The van der Waals surface area contributed by atoms with Gasteiger partial charge in [-0.25, -0.2) is 13.4 Å². The summed E-state index contributed by atoms with van der Waals surface area (Å²) < 4.78 is 26.6. The molecule has 20 heavy (non-hydrogen) atoms. The molecule has 0 atom stereocenters. The van der Waals surface area contributed by atoms with E-state index in [1.165, 1.54) is 29.0 Å². The molecule has 0 saturated carbocycles. The summed E-state index contributed by atoms with van der Waals surface area (Å²) in [6.45, 7) is 6.36. The number of nitrogens with zero attached hydrogens (tertiary/aromatic N) is 3. The Bertz CT molecular complexity index is 669. The molecule has 0 aliphatic heterocycles. The second-order valence-electron chi connectivity index (χ2n) is 5.56. The minimum Gasteiger partial charge on any atom is -0.262 e. The molecule has 0 saturated heterocycles. The van der Waals surface area contributed by atoms with Crippen LogP contribution in [0.15, 0.2) is 22.7 Å². The van der Waals surface area contributed by atoms with Gasteiger partial charge < -0.3 is 0 Å². The van der Waals surface area contributed by atoms with Gasteiger partial charge in [-0.2, -0.15) is 9.40 Å². The molecule has 0 aliphatic carbocycles. The van der Waals surface area contributed by atoms with Crippen molar-refractivity contribution < 1.29 is 8.42 Å². The van der Waals surface area contributed by atoms with Crippen molar-refractivity contribution in [3.8, 4) is 0 Å². The molecule has 6 nitrogen and oxygen atoms in total. The smallest absolute Gasteiger partial charge is 0.252 e. The highest BCUT2D eigenvalue weighted by Gasteiger charge is 2.26. The summed E-state index contributed by atoms with van der Waals surface area (Å²) in [5.74, 6) is 0.517. The summed E-state index contributed by atoms with van der Waals surface area (Å²) >= 11 is 1.31. The molecule has 0 amide bonds. The summed E-state index contributed by atoms with van der Waals surface area (Å²) in [5.41, 5.74) is -0.0536. The summed E-state index contributed by atoms with van der Waals surface area (Å²) in [6, 6.07) is 3.54. The van der Waals surface area contributed by atoms with E-state index in [-0.39, 0.29) is 12.0 Å². The zero-order chi connectivity index (χ0) is 15.0. The first-order chi connectivity index (χ1) is 9.21. The fourth-order valence-electron chi connectivity index (χ4n) is 1.62. The SMILES string of the molecule is CN(Cc1ncn[nH]1)S(=O)(=O)c1ccc(C(C)(C)C)s1. The van der Waals surface area contributed by atoms with Gasteiger partial charge in [-0.1, -0.05) is 20.8 Å². The lowest BCUT2D eigenvalue weighted by Crippen LogP contribution is -2.26. The lowest BCUT2D eigenvalue weighted by Gasteiger charge is -2.16. The van der Waals surface area contributed by atoms with Gasteiger partial charge in [0.15, 0.2) is 0 Å². The summed E-state index contributed by atoms with van der Waals surface area (Å²) in [5, 5.41) is 6.37. The number of rotatable bonds is 4. The zero-order valence-corrected chi connectivity index (χ0v) is 13.5. The fourth-order valence-corrected chi connectivity index (χ4v) is 4.33. The maximum Gasteiger partial charge on any atom is 0.252 e. The highest BCUT2D eigenvalue weighted by atomic mass is 32.2. The predicted molar refractivity (Wildman–Crippen MR) is 78.1 cm³/mol. The van der Waals surface area contributed by atoms with Gasteiger partial charge in [0.2, 0.25) is 0 Å². The molecule has 2 rings (SSSR count). The number of hydrogen-bond acceptors (Lipinski definition) is 5. The molecule has 0 bridgehead atoms. The Morgan fingerprint density at radius 2 is 2.05 bits per heavy atom. The largest absolute Gasteiger partial charge is 0.262 e. The van der Waals surface area contributed by atoms with Crippen molar-refractivity contribution in [1.82, 2.24) is 19.5 Å². The first-order valence-electron chi connectivity index (χ1n) is 6.12. The molecule has 8 heteroatoms. The Balaban J connectivity index is 2.24. The van der Waals surface area contributed by atoms with E-state index in [1.54, 1.807) is 6.07 Å². The lowest BCUT2D eigenvalue weighted by atomic mass is 9.95. The van der Waals surface area contributed by atoms with E-state index < -0.39 is 10.0 Å². The van der Waals surface area contributed by atoms with Crippen LogP contribution in [-0.2, 0) is 22.0 Å². The molecule has 0 spiro atoms. The van der Waals surface area contributed by atoms with Gasteiger partial charge in [-0.3, -0.25) is 5.10 Å². The van der Waals surface area contributed by atoms with E-state index in [9.17, 15) is 8.42 Å². The van der Waals surface area contributed by atoms with Crippen molar-refractivity contribution in [3.63, 3.8) is 0 Å². The third kappa shape index (κ3) is 3.08. The summed E-state index contributed by atoms with van der Waals surface area (Å²) in [6.07, 6.45) is 1.36. The number of sulfonamides is 1. The van der Waals surface area contributed by atoms with Crippen molar-refractivity contribution in [1.29, 1.82) is 0 Å². The number of nitrogens with one attached hydrogen (secondary N) is 1. The van der Waals surface area contributed by atoms with Crippen molar-refractivity contribution in [2.24, 2.45) is 0 Å². The maximum atomic E-state index is 12.5. The van der Waals surface area contributed by atoms with E-state index in [4.69, 9.17) is 0 Å². The van der Waals surface area contributed by atoms with Crippen LogP contribution in [0.4, 0.5) is 0 Å². The Morgan fingerprint density at radius 1 is 1.35 bits per heavy atom. The topological polar surface area (TPSA) is 79.0 Å². The average Bonchev–Trinajstić information content (AvgIpc) is 2.98. The van der Waals surface area contributed by atoms with Gasteiger partial charge in [0.1, 0.15) is 16.4 Å². The molecular weight excluding hydrogens is 296 g/mol. The number of aromatic amines is 1. The first kappa shape index (κ1) is 15.1. The van der Waals surface area contributed by atoms with Crippen LogP contribution in [-0.4, -0.2) is 35.0 Å². The van der Waals surface area contributed by atoms with E-state index in [1.807, 2.05) is 6.07 Å². The van der Waals surface area contributed by atoms with Crippen molar-refractivity contribution in [2.75, 3.05) is 7.05 Å². The van der Waals surface area contributed by atoms with Crippen LogP contribution in [0.2, 0.25) is 0 Å². The lowest BCUT2D eigenvalue weighted by molar-refractivity contribution is 0.459. The standard InChI is InChI=1S/C12H18N4O2S2/c1-12(2,3)9-5-6-11(19-9)20(17,18)16(4)7-10-13-8-14-15-10/h5-6,8H,7H2,1-4H3,(H,13,14,15). The number of hydrogen-bond donors (Lipinski definition) is 1. The minimum atomic E-state index is -3.49. The van der Waals surface area contributed by atoms with E-state index >= 15 is 0 Å². The maximum absolute atomic E-state index is 12.5. The van der Waals surface area contributed by atoms with Crippen molar-refractivity contribution in [3.05, 3.63) is 29.2 Å². The van der Waals surface area contributed by atoms with Crippen LogP contribution in [0.1, 0.15) is 31.5 Å². The third-order valence-corrected chi connectivity index (χ3v) is 6.60. The van der Waals surface area contributed by atoms with Gasteiger partial charge in [0.05, 0.1) is 6.54 Å². The molecule has 2 aromatic rings. The monoisotopic (exact) mass is 314 g/mol. The van der Waals surface area contributed by atoms with E-state index in [0.29, 0.717) is 10.0 Å². The Hall–Kier alpha value is -1.25. The molecule has 0 aromatic carbocycles. The highest BCUT2D eigenvalue weighted by molar-refractivity contribution is 7.91. The average molecular weight is 314 g/mol. The molecule has 0 radical (unpaired) electrons. The molecule has 110 valence electrons. The fraction of sp³-hybridized carbons (Fsp3) is 0.500. The third-order valence-electron chi connectivity index (χ3n) is 2.82. The molecule has 1 N–H and O–H groups in total. The molecular formula is C12H18N4O2S2. The summed E-state index contributed by atoms with van der Waals surface area (Å²) in [4.78, 5) is 4.98. The molecule has 0 unspecified atom stereocenters. The number of thiophene rings is 1. The van der Waals surface area contributed by atoms with Crippen LogP contribution in [0.3, 0.4) is 0 Å². The van der Waals surface area contributed by atoms with Gasteiger partial charge in [-0.15, -0.1) is 11.3 Å². The molecule has 0 fully saturated rings. The van der Waals surface area contributed by atoms with Crippen molar-refractivity contribution in [2.45, 2.75) is 36.9 Å². The highest BCUT2D eigenvalue weighted by Crippen LogP contribution is 2.32. The normalized spacial score (nSPS) is 13.1. The zero-order valence-electron chi connectivity index (χ0n) is 11.9. The van der Waals surface area contributed by atoms with Crippen LogP contribution in [0, 0.1) is 0 Å². The number of aromatic nitrogens is 3. The van der Waals surface area contributed by atoms with E-state index in [2.05, 4.69) is 36.0 Å². The Kier molecular flexibility index (Phi) is 3.99. The quantitative estimate of drug-likeness (QED) is 0.936. The van der Waals surface area contributed by atoms with E-state index in [0.717, 1.165) is 4.88 Å². The second-order valence-corrected chi connectivity index (χ2v) is 8.92. The van der Waals surface area contributed by atoms with Crippen LogP contribution < -0.4 is 0 Å². The minimum absolute atomic E-state index is 0.0536. The molecule has 2 aromatic heterocycles. The Morgan fingerprint density at radius 3 is 2.55 bits per heavy atom. The van der Waals surface area contributed by atoms with Gasteiger partial charge in [0.25, 0.3) is 10.0 Å². The van der Waals surface area contributed by atoms with Crippen molar-refractivity contribution >= 4 is 21.4 Å². The first-order valence-corrected chi connectivity index (χ1v) is 8.38.